The summed E-state index contributed by atoms with van der Waals surface area (Å²) >= 11 is 0. The van der Waals surface area contributed by atoms with E-state index in [-0.39, 0.29) is 0 Å². The Kier molecular flexibility index (Phi) is 7.57. The van der Waals surface area contributed by atoms with Gasteiger partial charge in [-0.05, 0) is 18.1 Å². The van der Waals surface area contributed by atoms with Gasteiger partial charge < -0.3 is 10.4 Å². The molecular formula is C15H19F3N2O5S. The van der Waals surface area contributed by atoms with Gasteiger partial charge in [-0.2, -0.15) is 4.72 Å². The monoisotopic (exact) mass is 396 g/mol. The molecule has 0 saturated heterocycles. The van der Waals surface area contributed by atoms with Crippen LogP contribution in [0.25, 0.3) is 0 Å². The van der Waals surface area contributed by atoms with Crippen molar-refractivity contribution in [3.63, 3.8) is 0 Å². The number of carbonyl (C=O) groups is 2. The number of hydrogen-bond acceptors (Lipinski definition) is 4. The van der Waals surface area contributed by atoms with Crippen LogP contribution in [0.5, 0.6) is 0 Å². The second-order valence-electron chi connectivity index (χ2n) is 5.80. The number of alkyl halides is 2. The Bertz CT molecular complexity index is 755. The fraction of sp³-hybridized carbons (Fsp3) is 0.467. The van der Waals surface area contributed by atoms with Crippen molar-refractivity contribution in [2.24, 2.45) is 5.92 Å². The normalized spacial score (nSPS) is 14.3. The molecule has 0 saturated carbocycles. The molecule has 3 N–H and O–H groups in total. The zero-order valence-electron chi connectivity index (χ0n) is 13.9. The zero-order valence-corrected chi connectivity index (χ0v) is 14.8. The third-order valence-electron chi connectivity index (χ3n) is 3.39. The van der Waals surface area contributed by atoms with E-state index >= 15 is 0 Å². The van der Waals surface area contributed by atoms with Gasteiger partial charge in [-0.1, -0.05) is 26.0 Å². The molecule has 7 nitrogen and oxygen atoms in total. The second-order valence-corrected chi connectivity index (χ2v) is 7.48. The van der Waals surface area contributed by atoms with Gasteiger partial charge in [0.15, 0.2) is 0 Å². The van der Waals surface area contributed by atoms with Gasteiger partial charge >= 0.3 is 5.97 Å². The highest BCUT2D eigenvalue weighted by Crippen LogP contribution is 2.16. The van der Waals surface area contributed by atoms with Gasteiger partial charge in [0.1, 0.15) is 22.8 Å². The third-order valence-corrected chi connectivity index (χ3v) is 4.86. The van der Waals surface area contributed by atoms with E-state index in [1.807, 2.05) is 10.0 Å². The lowest BCUT2D eigenvalue weighted by Gasteiger charge is -2.24. The molecule has 0 aliphatic carbocycles. The number of benzene rings is 1. The molecule has 2 unspecified atom stereocenters. The van der Waals surface area contributed by atoms with Crippen LogP contribution in [0.2, 0.25) is 0 Å². The first-order valence-corrected chi connectivity index (χ1v) is 9.02. The van der Waals surface area contributed by atoms with E-state index in [0.717, 1.165) is 12.1 Å². The van der Waals surface area contributed by atoms with E-state index in [1.54, 1.807) is 0 Å². The lowest BCUT2D eigenvalue weighted by atomic mass is 10.0. The van der Waals surface area contributed by atoms with Crippen LogP contribution < -0.4 is 10.0 Å². The van der Waals surface area contributed by atoms with Gasteiger partial charge in [0, 0.05) is 6.42 Å². The Morgan fingerprint density at radius 3 is 2.23 bits per heavy atom. The summed E-state index contributed by atoms with van der Waals surface area (Å²) < 4.78 is 65.2. The minimum absolute atomic E-state index is 0.669. The molecule has 0 radical (unpaired) electrons. The number of rotatable bonds is 9. The molecule has 0 bridgehead atoms. The van der Waals surface area contributed by atoms with E-state index < -0.39 is 63.5 Å². The van der Waals surface area contributed by atoms with Crippen molar-refractivity contribution in [1.82, 2.24) is 10.0 Å². The Labute approximate surface area is 148 Å². The molecular weight excluding hydrogens is 377 g/mol. The number of nitrogens with one attached hydrogen (secondary N) is 2. The number of hydrogen-bond donors (Lipinski definition) is 3. The zero-order chi connectivity index (χ0) is 20.1. The van der Waals surface area contributed by atoms with Crippen LogP contribution in [-0.2, 0) is 19.6 Å². The fourth-order valence-corrected chi connectivity index (χ4v) is 3.47. The Morgan fingerprint density at radius 2 is 1.77 bits per heavy atom. The van der Waals surface area contributed by atoms with Crippen LogP contribution in [0.15, 0.2) is 29.2 Å². The third kappa shape index (κ3) is 5.99. The van der Waals surface area contributed by atoms with E-state index in [4.69, 9.17) is 5.11 Å². The summed E-state index contributed by atoms with van der Waals surface area (Å²) in [5, 5.41) is 10.8. The van der Waals surface area contributed by atoms with Crippen molar-refractivity contribution in [3.8, 4) is 0 Å². The average molecular weight is 396 g/mol. The summed E-state index contributed by atoms with van der Waals surface area (Å²) in [7, 11) is -4.44. The van der Waals surface area contributed by atoms with Crippen LogP contribution in [-0.4, -0.2) is 43.9 Å². The van der Waals surface area contributed by atoms with Gasteiger partial charge in [-0.25, -0.2) is 26.4 Å². The number of amides is 1. The summed E-state index contributed by atoms with van der Waals surface area (Å²) in [5.74, 6) is -4.49. The van der Waals surface area contributed by atoms with Crippen molar-refractivity contribution in [2.75, 3.05) is 0 Å². The van der Waals surface area contributed by atoms with Gasteiger partial charge in [0.05, 0.1) is 0 Å². The lowest BCUT2D eigenvalue weighted by Crippen LogP contribution is -2.54. The first-order chi connectivity index (χ1) is 12.0. The molecule has 2 atom stereocenters. The summed E-state index contributed by atoms with van der Waals surface area (Å²) in [6.45, 7) is 2.91. The van der Waals surface area contributed by atoms with Crippen molar-refractivity contribution >= 4 is 21.9 Å². The summed E-state index contributed by atoms with van der Waals surface area (Å²) in [5.41, 5.74) is 0. The number of carboxylic acids is 1. The predicted molar refractivity (Wildman–Crippen MR) is 85.5 cm³/mol. The number of aliphatic carboxylic acids is 1. The van der Waals surface area contributed by atoms with Crippen LogP contribution in [0.3, 0.4) is 0 Å². The van der Waals surface area contributed by atoms with E-state index in [1.165, 1.54) is 26.0 Å². The summed E-state index contributed by atoms with van der Waals surface area (Å²) in [6, 6.07) is 1.10. The quantitative estimate of drug-likeness (QED) is 0.583. The number of halogens is 3. The molecule has 0 heterocycles. The molecule has 11 heteroatoms. The summed E-state index contributed by atoms with van der Waals surface area (Å²) in [4.78, 5) is 22.5. The van der Waals surface area contributed by atoms with Crippen LogP contribution in [0.4, 0.5) is 13.2 Å². The maximum atomic E-state index is 13.7. The Morgan fingerprint density at radius 1 is 1.19 bits per heavy atom. The van der Waals surface area contributed by atoms with Gasteiger partial charge in [-0.3, -0.25) is 4.79 Å². The highest BCUT2D eigenvalue weighted by Gasteiger charge is 2.33. The number of carbonyl (C=O) groups excluding carboxylic acids is 1. The highest BCUT2D eigenvalue weighted by molar-refractivity contribution is 7.89. The maximum Gasteiger partial charge on any atom is 0.326 e. The second kappa shape index (κ2) is 8.99. The fourth-order valence-electron chi connectivity index (χ4n) is 2.05. The molecule has 0 fully saturated rings. The molecule has 1 aromatic rings. The average Bonchev–Trinajstić information content (AvgIpc) is 2.51. The largest absolute Gasteiger partial charge is 0.480 e. The predicted octanol–water partition coefficient (Wildman–Crippen LogP) is 1.35. The number of carboxylic acid groups (broad SMARTS) is 1. The smallest absolute Gasteiger partial charge is 0.326 e. The van der Waals surface area contributed by atoms with E-state index in [0.29, 0.717) is 0 Å². The topological polar surface area (TPSA) is 113 Å². The van der Waals surface area contributed by atoms with Crippen LogP contribution in [0.1, 0.15) is 20.3 Å². The van der Waals surface area contributed by atoms with E-state index in [2.05, 4.69) is 0 Å². The van der Waals surface area contributed by atoms with Crippen molar-refractivity contribution < 1.29 is 36.3 Å². The molecule has 1 aromatic carbocycles. The van der Waals surface area contributed by atoms with Crippen LogP contribution in [0, 0.1) is 11.7 Å². The molecule has 146 valence electrons. The van der Waals surface area contributed by atoms with Gasteiger partial charge in [0.2, 0.25) is 22.4 Å². The van der Waals surface area contributed by atoms with Gasteiger partial charge in [0.25, 0.3) is 0 Å². The molecule has 0 aliphatic heterocycles. The molecule has 1 amide bonds. The van der Waals surface area contributed by atoms with Crippen molar-refractivity contribution in [3.05, 3.63) is 30.1 Å². The molecule has 1 rings (SSSR count). The molecule has 26 heavy (non-hydrogen) atoms. The van der Waals surface area contributed by atoms with Crippen molar-refractivity contribution in [2.45, 2.75) is 43.7 Å². The van der Waals surface area contributed by atoms with Crippen molar-refractivity contribution in [1.29, 1.82) is 0 Å². The van der Waals surface area contributed by atoms with Gasteiger partial charge in [-0.15, -0.1) is 0 Å². The Hall–Kier alpha value is -2.14. The lowest BCUT2D eigenvalue weighted by molar-refractivity contribution is -0.143. The highest BCUT2D eigenvalue weighted by atomic mass is 32.2. The number of sulfonamides is 1. The SMILES string of the molecule is CC(C)C(NS(=O)(=O)c1ccccc1F)C(=O)NC(CC(F)F)C(=O)O. The minimum atomic E-state index is -4.44. The Balaban J connectivity index is 3.03. The standard InChI is InChI=1S/C15H19F3N2O5S/c1-8(2)13(14(21)19-10(15(22)23)7-12(17)18)20-26(24,25)11-6-4-3-5-9(11)16/h3-6,8,10,12-13,20H,7H2,1-2H3,(H,19,21)(H,22,23). The molecule has 0 aromatic heterocycles. The maximum absolute atomic E-state index is 13.7. The minimum Gasteiger partial charge on any atom is -0.480 e. The summed E-state index contributed by atoms with van der Waals surface area (Å²) in [6.07, 6.45) is -4.12. The molecule has 0 spiro atoms. The first-order valence-electron chi connectivity index (χ1n) is 7.54. The first kappa shape index (κ1) is 21.9. The van der Waals surface area contributed by atoms with Crippen LogP contribution >= 0.6 is 0 Å². The van der Waals surface area contributed by atoms with E-state index in [9.17, 15) is 31.2 Å². The molecule has 0 aliphatic rings.